The monoisotopic (exact) mass is 387 g/mol. The number of urea groups is 1. The van der Waals surface area contributed by atoms with E-state index >= 15 is 0 Å². The van der Waals surface area contributed by atoms with Gasteiger partial charge in [-0.15, -0.1) is 0 Å². The predicted molar refractivity (Wildman–Crippen MR) is 101 cm³/mol. The van der Waals surface area contributed by atoms with Crippen molar-refractivity contribution in [3.63, 3.8) is 0 Å². The average Bonchev–Trinajstić information content (AvgIpc) is 2.96. The fourth-order valence-corrected chi connectivity index (χ4v) is 3.04. The van der Waals surface area contributed by atoms with Crippen molar-refractivity contribution in [3.8, 4) is 5.75 Å². The molecular weight excluding hydrogens is 370 g/mol. The summed E-state index contributed by atoms with van der Waals surface area (Å²) >= 11 is 5.96. The number of hydrogen-bond acceptors (Lipinski definition) is 4. The molecule has 0 spiro atoms. The van der Waals surface area contributed by atoms with E-state index in [0.29, 0.717) is 22.0 Å². The molecule has 7 nitrogen and oxygen atoms in total. The van der Waals surface area contributed by atoms with Crippen LogP contribution in [0.3, 0.4) is 0 Å². The van der Waals surface area contributed by atoms with Crippen LogP contribution in [0.25, 0.3) is 0 Å². The van der Waals surface area contributed by atoms with Crippen LogP contribution in [0.4, 0.5) is 10.5 Å². The number of benzene rings is 2. The number of ether oxygens (including phenoxy) is 1. The molecule has 8 heteroatoms. The lowest BCUT2D eigenvalue weighted by Crippen LogP contribution is -2.45. The van der Waals surface area contributed by atoms with Crippen molar-refractivity contribution in [1.29, 1.82) is 0 Å². The highest BCUT2D eigenvalue weighted by molar-refractivity contribution is 6.31. The zero-order valence-electron chi connectivity index (χ0n) is 14.7. The molecule has 2 aromatic carbocycles. The Hall–Kier alpha value is -3.06. The van der Waals surface area contributed by atoms with Gasteiger partial charge in [-0.1, -0.05) is 41.9 Å². The van der Waals surface area contributed by atoms with E-state index in [0.717, 1.165) is 4.90 Å². The first kappa shape index (κ1) is 18.7. The van der Waals surface area contributed by atoms with Crippen LogP contribution in [-0.4, -0.2) is 35.9 Å². The smallest absolute Gasteiger partial charge is 0.325 e. The molecule has 0 saturated carbocycles. The third-order valence-corrected chi connectivity index (χ3v) is 4.53. The van der Waals surface area contributed by atoms with Gasteiger partial charge in [0.05, 0.1) is 12.8 Å². The summed E-state index contributed by atoms with van der Waals surface area (Å²) in [5.74, 6) is -0.598. The zero-order chi connectivity index (χ0) is 19.6. The van der Waals surface area contributed by atoms with Gasteiger partial charge in [-0.3, -0.25) is 9.59 Å². The third kappa shape index (κ3) is 3.73. The Kier molecular flexibility index (Phi) is 5.32. The molecule has 2 N–H and O–H groups in total. The van der Waals surface area contributed by atoms with E-state index in [4.69, 9.17) is 16.3 Å². The number of halogens is 1. The van der Waals surface area contributed by atoms with Crippen molar-refractivity contribution in [2.24, 2.45) is 0 Å². The highest BCUT2D eigenvalue weighted by atomic mass is 35.5. The molecular formula is C19H18ClN3O4. The number of carbonyl (C=O) groups excluding carboxylic acids is 3. The van der Waals surface area contributed by atoms with E-state index in [1.165, 1.54) is 20.1 Å². The molecule has 2 aromatic rings. The molecule has 140 valence electrons. The van der Waals surface area contributed by atoms with Crippen molar-refractivity contribution in [2.75, 3.05) is 12.4 Å². The minimum Gasteiger partial charge on any atom is -0.495 e. The Morgan fingerprint density at radius 3 is 2.59 bits per heavy atom. The molecule has 1 heterocycles. The van der Waals surface area contributed by atoms with Gasteiger partial charge in [-0.05, 0) is 30.7 Å². The molecule has 4 amide bonds. The largest absolute Gasteiger partial charge is 0.495 e. The first-order valence-corrected chi connectivity index (χ1v) is 8.63. The number of hydrogen-bond donors (Lipinski definition) is 2. The predicted octanol–water partition coefficient (Wildman–Crippen LogP) is 2.97. The average molecular weight is 388 g/mol. The summed E-state index contributed by atoms with van der Waals surface area (Å²) in [5, 5.41) is 5.68. The van der Waals surface area contributed by atoms with Crippen molar-refractivity contribution >= 4 is 35.1 Å². The maximum atomic E-state index is 12.7. The first-order chi connectivity index (χ1) is 12.9. The van der Waals surface area contributed by atoms with E-state index < -0.39 is 29.9 Å². The number of amides is 4. The highest BCUT2D eigenvalue weighted by Gasteiger charge is 2.43. The maximum absolute atomic E-state index is 12.7. The summed E-state index contributed by atoms with van der Waals surface area (Å²) in [6.07, 6.45) is 0. The number of nitrogens with zero attached hydrogens (tertiary/aromatic N) is 1. The minimum absolute atomic E-state index is 0.355. The van der Waals surface area contributed by atoms with Gasteiger partial charge in [0.1, 0.15) is 17.8 Å². The third-order valence-electron chi connectivity index (χ3n) is 4.29. The van der Waals surface area contributed by atoms with Gasteiger partial charge in [0.2, 0.25) is 5.91 Å². The van der Waals surface area contributed by atoms with Gasteiger partial charge >= 0.3 is 6.03 Å². The SMILES string of the molecule is COc1ccc(Cl)cc1NC(=O)C(C)N1C(=O)NC(c2ccccc2)C1=O. The van der Waals surface area contributed by atoms with Crippen LogP contribution < -0.4 is 15.4 Å². The Morgan fingerprint density at radius 1 is 1.22 bits per heavy atom. The Labute approximate surface area is 161 Å². The topological polar surface area (TPSA) is 87.7 Å². The summed E-state index contributed by atoms with van der Waals surface area (Å²) in [6.45, 7) is 1.48. The van der Waals surface area contributed by atoms with Crippen molar-refractivity contribution < 1.29 is 19.1 Å². The number of nitrogens with one attached hydrogen (secondary N) is 2. The van der Waals surface area contributed by atoms with Crippen LogP contribution >= 0.6 is 11.6 Å². The van der Waals surface area contributed by atoms with Gasteiger partial charge in [-0.25, -0.2) is 9.69 Å². The van der Waals surface area contributed by atoms with E-state index in [-0.39, 0.29) is 0 Å². The van der Waals surface area contributed by atoms with E-state index in [1.54, 1.807) is 36.4 Å². The minimum atomic E-state index is -1.02. The lowest BCUT2D eigenvalue weighted by molar-refractivity contribution is -0.133. The molecule has 1 aliphatic rings. The maximum Gasteiger partial charge on any atom is 0.325 e. The first-order valence-electron chi connectivity index (χ1n) is 8.25. The molecule has 27 heavy (non-hydrogen) atoms. The van der Waals surface area contributed by atoms with Crippen LogP contribution in [-0.2, 0) is 9.59 Å². The molecule has 1 saturated heterocycles. The Morgan fingerprint density at radius 2 is 1.93 bits per heavy atom. The molecule has 0 bridgehead atoms. The summed E-state index contributed by atoms with van der Waals surface area (Å²) in [5.41, 5.74) is 1.01. The van der Waals surface area contributed by atoms with Crippen LogP contribution in [0.1, 0.15) is 18.5 Å². The fourth-order valence-electron chi connectivity index (χ4n) is 2.86. The normalized spacial score (nSPS) is 17.4. The van der Waals surface area contributed by atoms with Crippen molar-refractivity contribution in [3.05, 3.63) is 59.1 Å². The number of carbonyl (C=O) groups is 3. The van der Waals surface area contributed by atoms with Crippen LogP contribution in [0.15, 0.2) is 48.5 Å². The standard InChI is InChI=1S/C19H18ClN3O4/c1-11(17(24)21-14-10-13(20)8-9-15(14)27-2)23-18(25)16(22-19(23)26)12-6-4-3-5-7-12/h3-11,16H,1-2H3,(H,21,24)(H,22,26). The van der Waals surface area contributed by atoms with Gasteiger partial charge in [0.15, 0.2) is 0 Å². The summed E-state index contributed by atoms with van der Waals surface area (Å²) in [6, 6.07) is 11.2. The van der Waals surface area contributed by atoms with E-state index in [2.05, 4.69) is 10.6 Å². The van der Waals surface area contributed by atoms with Crippen LogP contribution in [0.5, 0.6) is 5.75 Å². The Bertz CT molecular complexity index is 888. The number of methoxy groups -OCH3 is 1. The molecule has 1 fully saturated rings. The number of anilines is 1. The summed E-state index contributed by atoms with van der Waals surface area (Å²) in [7, 11) is 1.46. The van der Waals surface area contributed by atoms with Gasteiger partial charge in [0, 0.05) is 5.02 Å². The van der Waals surface area contributed by atoms with Gasteiger partial charge in [0.25, 0.3) is 5.91 Å². The van der Waals surface area contributed by atoms with Crippen LogP contribution in [0, 0.1) is 0 Å². The fraction of sp³-hybridized carbons (Fsp3) is 0.211. The second-order valence-corrected chi connectivity index (χ2v) is 6.45. The van der Waals surface area contributed by atoms with Crippen molar-refractivity contribution in [1.82, 2.24) is 10.2 Å². The molecule has 3 rings (SSSR count). The second kappa shape index (κ2) is 7.67. The lowest BCUT2D eigenvalue weighted by Gasteiger charge is -2.21. The molecule has 0 radical (unpaired) electrons. The van der Waals surface area contributed by atoms with Crippen molar-refractivity contribution in [2.45, 2.75) is 19.0 Å². The van der Waals surface area contributed by atoms with Gasteiger partial charge in [-0.2, -0.15) is 0 Å². The molecule has 2 atom stereocenters. The van der Waals surface area contributed by atoms with Crippen LogP contribution in [0.2, 0.25) is 5.02 Å². The second-order valence-electron chi connectivity index (χ2n) is 6.01. The van der Waals surface area contributed by atoms with E-state index in [9.17, 15) is 14.4 Å². The molecule has 2 unspecified atom stereocenters. The lowest BCUT2D eigenvalue weighted by atomic mass is 10.1. The summed E-state index contributed by atoms with van der Waals surface area (Å²) < 4.78 is 5.19. The molecule has 0 aromatic heterocycles. The van der Waals surface area contributed by atoms with Gasteiger partial charge < -0.3 is 15.4 Å². The summed E-state index contributed by atoms with van der Waals surface area (Å²) in [4.78, 5) is 38.6. The quantitative estimate of drug-likeness (QED) is 0.772. The number of imide groups is 1. The number of rotatable bonds is 5. The zero-order valence-corrected chi connectivity index (χ0v) is 15.5. The molecule has 0 aliphatic carbocycles. The molecule has 1 aliphatic heterocycles. The van der Waals surface area contributed by atoms with E-state index in [1.807, 2.05) is 6.07 Å². The Balaban J connectivity index is 1.78. The highest BCUT2D eigenvalue weighted by Crippen LogP contribution is 2.29.